The standard InChI is InChI=1S/C24H23F6N5S/c1-13(2)20-32-17-8-11-35(22-16(24(28,29)30)4-3-9-31-22)10-7-15(17)21(34-20)33-18-6-5-14(12-19(18)36)23(25,26)27/h3-6,9,12-13,36H,7-8,10-11H2,1-2H3,(H,32,33,34). The van der Waals surface area contributed by atoms with Crippen LogP contribution in [0, 0.1) is 0 Å². The van der Waals surface area contributed by atoms with Crippen LogP contribution in [0.3, 0.4) is 0 Å². The largest absolute Gasteiger partial charge is 0.419 e. The fourth-order valence-corrected chi connectivity index (χ4v) is 4.27. The SMILES string of the molecule is CC(C)c1nc2c(c(Nc3ccc(C(F)(F)F)cc3S)n1)CCN(c1ncccc1C(F)(F)F)CC2. The van der Waals surface area contributed by atoms with Gasteiger partial charge in [-0.3, -0.25) is 0 Å². The Morgan fingerprint density at radius 1 is 0.972 bits per heavy atom. The van der Waals surface area contributed by atoms with E-state index in [0.29, 0.717) is 41.4 Å². The van der Waals surface area contributed by atoms with E-state index in [1.165, 1.54) is 18.3 Å². The number of aromatic nitrogens is 3. The highest BCUT2D eigenvalue weighted by Crippen LogP contribution is 2.37. The van der Waals surface area contributed by atoms with Gasteiger partial charge in [-0.05, 0) is 36.8 Å². The second-order valence-electron chi connectivity index (χ2n) is 8.72. The number of nitrogens with zero attached hydrogens (tertiary/aromatic N) is 4. The number of anilines is 3. The lowest BCUT2D eigenvalue weighted by molar-refractivity contribution is -0.138. The van der Waals surface area contributed by atoms with Crippen molar-refractivity contribution in [3.8, 4) is 0 Å². The maximum absolute atomic E-state index is 13.6. The summed E-state index contributed by atoms with van der Waals surface area (Å²) in [5, 5.41) is 3.08. The van der Waals surface area contributed by atoms with Crippen LogP contribution in [0.15, 0.2) is 41.4 Å². The van der Waals surface area contributed by atoms with Crippen LogP contribution in [-0.4, -0.2) is 28.0 Å². The number of hydrogen-bond donors (Lipinski definition) is 2. The monoisotopic (exact) mass is 527 g/mol. The molecule has 0 unspecified atom stereocenters. The Morgan fingerprint density at radius 3 is 2.33 bits per heavy atom. The quantitative estimate of drug-likeness (QED) is 0.293. The third-order valence-electron chi connectivity index (χ3n) is 5.85. The average Bonchev–Trinajstić information content (AvgIpc) is 3.02. The molecule has 192 valence electrons. The molecule has 0 amide bonds. The number of rotatable bonds is 4. The fourth-order valence-electron chi connectivity index (χ4n) is 4.00. The number of fused-ring (bicyclic) bond motifs is 1. The van der Waals surface area contributed by atoms with Crippen LogP contribution in [0.1, 0.15) is 48.0 Å². The maximum atomic E-state index is 13.6. The fraction of sp³-hybridized carbons (Fsp3) is 0.375. The molecule has 36 heavy (non-hydrogen) atoms. The van der Waals surface area contributed by atoms with Gasteiger partial charge in [0.15, 0.2) is 0 Å². The van der Waals surface area contributed by atoms with E-state index in [2.05, 4.69) is 32.9 Å². The van der Waals surface area contributed by atoms with E-state index >= 15 is 0 Å². The molecule has 0 saturated carbocycles. The Hall–Kier alpha value is -3.02. The molecular weight excluding hydrogens is 504 g/mol. The first kappa shape index (κ1) is 26.1. The number of benzene rings is 1. The summed E-state index contributed by atoms with van der Waals surface area (Å²) in [6.07, 6.45) is -7.07. The van der Waals surface area contributed by atoms with E-state index < -0.39 is 23.5 Å². The van der Waals surface area contributed by atoms with Gasteiger partial charge in [-0.2, -0.15) is 26.3 Å². The molecule has 0 bridgehead atoms. The summed E-state index contributed by atoms with van der Waals surface area (Å²) in [5.74, 6) is 0.722. The van der Waals surface area contributed by atoms with Gasteiger partial charge < -0.3 is 10.2 Å². The highest BCUT2D eigenvalue weighted by molar-refractivity contribution is 7.80. The predicted molar refractivity (Wildman–Crippen MR) is 127 cm³/mol. The molecule has 0 atom stereocenters. The molecule has 12 heteroatoms. The van der Waals surface area contributed by atoms with E-state index in [1.54, 1.807) is 4.90 Å². The van der Waals surface area contributed by atoms with Crippen LogP contribution < -0.4 is 10.2 Å². The van der Waals surface area contributed by atoms with Crippen molar-refractivity contribution in [3.63, 3.8) is 0 Å². The minimum absolute atomic E-state index is 0.0501. The van der Waals surface area contributed by atoms with Gasteiger partial charge in [0.05, 0.1) is 22.5 Å². The van der Waals surface area contributed by atoms with Crippen LogP contribution in [-0.2, 0) is 25.2 Å². The topological polar surface area (TPSA) is 53.9 Å². The number of halogens is 6. The molecular formula is C24H23F6N5S. The summed E-state index contributed by atoms with van der Waals surface area (Å²) in [4.78, 5) is 14.9. The van der Waals surface area contributed by atoms with E-state index in [4.69, 9.17) is 0 Å². The molecule has 4 rings (SSSR count). The molecule has 1 N–H and O–H groups in total. The Kier molecular flexibility index (Phi) is 7.09. The second-order valence-corrected chi connectivity index (χ2v) is 9.21. The Labute approximate surface area is 209 Å². The summed E-state index contributed by atoms with van der Waals surface area (Å²) in [6.45, 7) is 4.30. The summed E-state index contributed by atoms with van der Waals surface area (Å²) in [7, 11) is 0. The third-order valence-corrected chi connectivity index (χ3v) is 6.22. The summed E-state index contributed by atoms with van der Waals surface area (Å²) >= 11 is 4.22. The molecule has 1 aliphatic rings. The van der Waals surface area contributed by atoms with E-state index in [-0.39, 0.29) is 29.7 Å². The first-order valence-corrected chi connectivity index (χ1v) is 11.6. The van der Waals surface area contributed by atoms with Crippen molar-refractivity contribution in [2.45, 2.75) is 49.9 Å². The van der Waals surface area contributed by atoms with Gasteiger partial charge in [0.1, 0.15) is 17.5 Å². The molecule has 0 spiro atoms. The van der Waals surface area contributed by atoms with Gasteiger partial charge in [0, 0.05) is 42.1 Å². The van der Waals surface area contributed by atoms with Crippen LogP contribution in [0.4, 0.5) is 43.7 Å². The molecule has 1 aliphatic heterocycles. The van der Waals surface area contributed by atoms with Crippen molar-refractivity contribution in [1.82, 2.24) is 15.0 Å². The van der Waals surface area contributed by atoms with Crippen molar-refractivity contribution in [3.05, 3.63) is 64.7 Å². The third kappa shape index (κ3) is 5.53. The Bertz CT molecular complexity index is 1260. The van der Waals surface area contributed by atoms with Crippen LogP contribution in [0.5, 0.6) is 0 Å². The molecule has 0 fully saturated rings. The van der Waals surface area contributed by atoms with Crippen LogP contribution in [0.2, 0.25) is 0 Å². The predicted octanol–water partition coefficient (Wildman–Crippen LogP) is 6.67. The van der Waals surface area contributed by atoms with Crippen molar-refractivity contribution in [1.29, 1.82) is 0 Å². The Balaban J connectivity index is 1.69. The number of pyridine rings is 1. The zero-order valence-electron chi connectivity index (χ0n) is 19.4. The molecule has 2 aromatic heterocycles. The van der Waals surface area contributed by atoms with Crippen molar-refractivity contribution < 1.29 is 26.3 Å². The minimum atomic E-state index is -4.55. The normalized spacial score (nSPS) is 14.6. The second kappa shape index (κ2) is 9.79. The molecule has 0 radical (unpaired) electrons. The van der Waals surface area contributed by atoms with Crippen LogP contribution >= 0.6 is 12.6 Å². The van der Waals surface area contributed by atoms with Crippen molar-refractivity contribution in [2.75, 3.05) is 23.3 Å². The van der Waals surface area contributed by atoms with Crippen molar-refractivity contribution in [2.24, 2.45) is 0 Å². The zero-order chi connectivity index (χ0) is 26.3. The van der Waals surface area contributed by atoms with Crippen molar-refractivity contribution >= 4 is 30.0 Å². The lowest BCUT2D eigenvalue weighted by atomic mass is 10.1. The van der Waals surface area contributed by atoms with Crippen LogP contribution in [0.25, 0.3) is 0 Å². The molecule has 1 aromatic carbocycles. The summed E-state index contributed by atoms with van der Waals surface area (Å²) in [6, 6.07) is 5.41. The number of thiol groups is 1. The summed E-state index contributed by atoms with van der Waals surface area (Å²) < 4.78 is 79.9. The van der Waals surface area contributed by atoms with Gasteiger partial charge in [0.2, 0.25) is 0 Å². The first-order valence-electron chi connectivity index (χ1n) is 11.2. The molecule has 0 aliphatic carbocycles. The first-order chi connectivity index (χ1) is 16.8. The van der Waals surface area contributed by atoms with Gasteiger partial charge in [-0.25, -0.2) is 15.0 Å². The highest BCUT2D eigenvalue weighted by atomic mass is 32.1. The van der Waals surface area contributed by atoms with E-state index in [1.807, 2.05) is 13.8 Å². The lowest BCUT2D eigenvalue weighted by Gasteiger charge is -2.24. The van der Waals surface area contributed by atoms with Gasteiger partial charge in [-0.1, -0.05) is 13.8 Å². The summed E-state index contributed by atoms with van der Waals surface area (Å²) in [5.41, 5.74) is 0.0589. The molecule has 3 heterocycles. The van der Waals surface area contributed by atoms with Gasteiger partial charge >= 0.3 is 12.4 Å². The number of nitrogens with one attached hydrogen (secondary N) is 1. The van der Waals surface area contributed by atoms with E-state index in [0.717, 1.165) is 18.2 Å². The molecule has 3 aromatic rings. The van der Waals surface area contributed by atoms with Gasteiger partial charge in [-0.15, -0.1) is 12.6 Å². The van der Waals surface area contributed by atoms with Gasteiger partial charge in [0.25, 0.3) is 0 Å². The molecule has 0 saturated heterocycles. The lowest BCUT2D eigenvalue weighted by Crippen LogP contribution is -2.29. The highest BCUT2D eigenvalue weighted by Gasteiger charge is 2.36. The zero-order valence-corrected chi connectivity index (χ0v) is 20.3. The molecule has 5 nitrogen and oxygen atoms in total. The minimum Gasteiger partial charge on any atom is -0.355 e. The van der Waals surface area contributed by atoms with E-state index in [9.17, 15) is 26.3 Å². The number of hydrogen-bond acceptors (Lipinski definition) is 6. The maximum Gasteiger partial charge on any atom is 0.419 e. The Morgan fingerprint density at radius 2 is 1.69 bits per heavy atom. The average molecular weight is 528 g/mol. The number of alkyl halides is 6. The smallest absolute Gasteiger partial charge is 0.355 e.